The molecule has 0 unspecified atom stereocenters. The summed E-state index contributed by atoms with van der Waals surface area (Å²) in [5.74, 6) is 0.502. The van der Waals surface area contributed by atoms with Gasteiger partial charge in [0.1, 0.15) is 17.2 Å². The van der Waals surface area contributed by atoms with Crippen LogP contribution in [0.15, 0.2) is 33.3 Å². The molecule has 0 aliphatic carbocycles. The fourth-order valence-corrected chi connectivity index (χ4v) is 3.16. The average Bonchev–Trinajstić information content (AvgIpc) is 2.80. The highest BCUT2D eigenvalue weighted by atomic mass is 79.9. The lowest BCUT2D eigenvalue weighted by Gasteiger charge is -2.11. The van der Waals surface area contributed by atoms with Gasteiger partial charge in [-0.3, -0.25) is 4.57 Å². The third kappa shape index (κ3) is 2.60. The molecule has 0 aliphatic heterocycles. The van der Waals surface area contributed by atoms with Gasteiger partial charge in [0.15, 0.2) is 5.65 Å². The Balaban J connectivity index is 2.36. The van der Waals surface area contributed by atoms with Crippen LogP contribution >= 0.6 is 43.5 Å². The van der Waals surface area contributed by atoms with E-state index in [1.54, 1.807) is 16.8 Å². The van der Waals surface area contributed by atoms with E-state index in [1.165, 1.54) is 6.07 Å². The van der Waals surface area contributed by atoms with Crippen LogP contribution in [-0.4, -0.2) is 14.5 Å². The van der Waals surface area contributed by atoms with E-state index < -0.39 is 0 Å². The summed E-state index contributed by atoms with van der Waals surface area (Å²) in [5, 5.41) is 0. The van der Waals surface area contributed by atoms with Crippen LogP contribution in [0.25, 0.3) is 16.9 Å². The molecule has 0 bridgehead atoms. The Labute approximate surface area is 142 Å². The molecule has 0 atom stereocenters. The van der Waals surface area contributed by atoms with E-state index in [9.17, 15) is 4.39 Å². The smallest absolute Gasteiger partial charge is 0.164 e. The summed E-state index contributed by atoms with van der Waals surface area (Å²) in [7, 11) is 0. The molecule has 2 heterocycles. The quantitative estimate of drug-likeness (QED) is 0.525. The molecule has 0 radical (unpaired) electrons. The maximum Gasteiger partial charge on any atom is 0.164 e. The highest BCUT2D eigenvalue weighted by Gasteiger charge is 2.16. The summed E-state index contributed by atoms with van der Waals surface area (Å²) in [6.07, 6.45) is 1.68. The van der Waals surface area contributed by atoms with Gasteiger partial charge < -0.3 is 0 Å². The Kier molecular flexibility index (Phi) is 4.03. The number of halogens is 4. The SMILES string of the molecule is Cc1cc(Br)c(F)cc1-n1c(CCl)nc2cc(Br)cnc21. The lowest BCUT2D eigenvalue weighted by molar-refractivity contribution is 0.619. The molecular formula is C14H9Br2ClFN3. The van der Waals surface area contributed by atoms with Crippen LogP contribution in [0.3, 0.4) is 0 Å². The van der Waals surface area contributed by atoms with Gasteiger partial charge >= 0.3 is 0 Å². The Morgan fingerprint density at radius 1 is 1.29 bits per heavy atom. The third-order valence-electron chi connectivity index (χ3n) is 3.13. The van der Waals surface area contributed by atoms with Crippen molar-refractivity contribution in [2.24, 2.45) is 0 Å². The molecule has 0 spiro atoms. The molecular weight excluding hydrogens is 424 g/mol. The number of aromatic nitrogens is 3. The minimum atomic E-state index is -0.338. The first-order valence-electron chi connectivity index (χ1n) is 6.06. The molecule has 0 saturated carbocycles. The first-order valence-corrected chi connectivity index (χ1v) is 8.18. The number of fused-ring (bicyclic) bond motifs is 1. The van der Waals surface area contributed by atoms with Crippen LogP contribution in [0.4, 0.5) is 4.39 Å². The van der Waals surface area contributed by atoms with Gasteiger partial charge in [-0.2, -0.15) is 0 Å². The lowest BCUT2D eigenvalue weighted by Crippen LogP contribution is -2.03. The number of rotatable bonds is 2. The van der Waals surface area contributed by atoms with Gasteiger partial charge in [-0.1, -0.05) is 0 Å². The van der Waals surface area contributed by atoms with Crippen LogP contribution in [0.2, 0.25) is 0 Å². The third-order valence-corrected chi connectivity index (χ3v) is 4.41. The van der Waals surface area contributed by atoms with E-state index in [0.717, 1.165) is 10.0 Å². The summed E-state index contributed by atoms with van der Waals surface area (Å²) < 4.78 is 17.0. The molecule has 0 N–H and O–H groups in total. The summed E-state index contributed by atoms with van der Waals surface area (Å²) in [6.45, 7) is 1.90. The van der Waals surface area contributed by atoms with E-state index in [4.69, 9.17) is 11.6 Å². The topological polar surface area (TPSA) is 30.7 Å². The largest absolute Gasteiger partial charge is 0.279 e. The van der Waals surface area contributed by atoms with Crippen molar-refractivity contribution in [3.05, 3.63) is 50.5 Å². The van der Waals surface area contributed by atoms with Crippen LogP contribution in [-0.2, 0) is 5.88 Å². The van der Waals surface area contributed by atoms with Gasteiger partial charge in [-0.15, -0.1) is 11.6 Å². The number of hydrogen-bond acceptors (Lipinski definition) is 2. The van der Waals surface area contributed by atoms with Gasteiger partial charge in [0, 0.05) is 10.7 Å². The van der Waals surface area contributed by atoms with Crippen molar-refractivity contribution in [3.8, 4) is 5.69 Å². The summed E-state index contributed by atoms with van der Waals surface area (Å²) in [4.78, 5) is 8.85. The molecule has 2 aromatic heterocycles. The number of pyridine rings is 1. The average molecular weight is 434 g/mol. The maximum atomic E-state index is 13.9. The van der Waals surface area contributed by atoms with Crippen LogP contribution < -0.4 is 0 Å². The van der Waals surface area contributed by atoms with Gasteiger partial charge in [-0.25, -0.2) is 14.4 Å². The molecule has 7 heteroatoms. The molecule has 0 aliphatic rings. The molecule has 1 aromatic carbocycles. The molecule has 0 fully saturated rings. The molecule has 0 saturated heterocycles. The van der Waals surface area contributed by atoms with Crippen LogP contribution in [0.1, 0.15) is 11.4 Å². The Hall–Kier alpha value is -0.980. The zero-order valence-electron chi connectivity index (χ0n) is 10.9. The number of hydrogen-bond donors (Lipinski definition) is 0. The molecule has 0 amide bonds. The van der Waals surface area contributed by atoms with Crippen molar-refractivity contribution < 1.29 is 4.39 Å². The van der Waals surface area contributed by atoms with E-state index in [2.05, 4.69) is 41.8 Å². The van der Waals surface area contributed by atoms with Crippen LogP contribution in [0, 0.1) is 12.7 Å². The van der Waals surface area contributed by atoms with E-state index in [0.29, 0.717) is 27.1 Å². The number of alkyl halides is 1. The van der Waals surface area contributed by atoms with E-state index in [1.807, 2.05) is 13.0 Å². The molecule has 3 aromatic rings. The Bertz CT molecular complexity index is 848. The summed E-state index contributed by atoms with van der Waals surface area (Å²) in [5.41, 5.74) is 2.95. The maximum absolute atomic E-state index is 13.9. The van der Waals surface area contributed by atoms with Gasteiger partial charge in [0.05, 0.1) is 16.0 Å². The minimum Gasteiger partial charge on any atom is -0.279 e. The number of benzene rings is 1. The summed E-state index contributed by atoms with van der Waals surface area (Å²) in [6, 6.07) is 5.05. The highest BCUT2D eigenvalue weighted by molar-refractivity contribution is 9.10. The zero-order chi connectivity index (χ0) is 15.1. The van der Waals surface area contributed by atoms with Crippen molar-refractivity contribution in [1.82, 2.24) is 14.5 Å². The fourth-order valence-electron chi connectivity index (χ4n) is 2.21. The predicted octanol–water partition coefficient (Wildman–Crippen LogP) is 5.13. The second-order valence-electron chi connectivity index (χ2n) is 4.55. The Morgan fingerprint density at radius 3 is 2.76 bits per heavy atom. The van der Waals surface area contributed by atoms with Gasteiger partial charge in [0.2, 0.25) is 0 Å². The zero-order valence-corrected chi connectivity index (χ0v) is 14.8. The predicted molar refractivity (Wildman–Crippen MR) is 88.5 cm³/mol. The fraction of sp³-hybridized carbons (Fsp3) is 0.143. The lowest BCUT2D eigenvalue weighted by atomic mass is 10.2. The number of aryl methyl sites for hydroxylation is 1. The number of imidazole rings is 1. The van der Waals surface area contributed by atoms with E-state index >= 15 is 0 Å². The summed E-state index contributed by atoms with van der Waals surface area (Å²) >= 11 is 12.6. The van der Waals surface area contributed by atoms with E-state index in [-0.39, 0.29) is 11.7 Å². The first-order chi connectivity index (χ1) is 10.0. The monoisotopic (exact) mass is 431 g/mol. The van der Waals surface area contributed by atoms with Crippen molar-refractivity contribution in [2.45, 2.75) is 12.8 Å². The normalized spacial score (nSPS) is 11.3. The van der Waals surface area contributed by atoms with Crippen LogP contribution in [0.5, 0.6) is 0 Å². The van der Waals surface area contributed by atoms with Crippen molar-refractivity contribution in [3.63, 3.8) is 0 Å². The van der Waals surface area contributed by atoms with Gasteiger partial charge in [-0.05, 0) is 62.5 Å². The van der Waals surface area contributed by atoms with Crippen molar-refractivity contribution >= 4 is 54.6 Å². The highest BCUT2D eigenvalue weighted by Crippen LogP contribution is 2.28. The Morgan fingerprint density at radius 2 is 2.05 bits per heavy atom. The van der Waals surface area contributed by atoms with Crippen molar-refractivity contribution in [1.29, 1.82) is 0 Å². The molecule has 108 valence electrons. The standard InChI is InChI=1S/C14H9Br2ClFN3/c1-7-2-9(16)10(18)4-12(7)21-13(5-17)20-11-3-8(15)6-19-14(11)21/h2-4,6H,5H2,1H3. The molecule has 3 nitrogen and oxygen atoms in total. The second-order valence-corrected chi connectivity index (χ2v) is 6.58. The van der Waals surface area contributed by atoms with Crippen molar-refractivity contribution in [2.75, 3.05) is 0 Å². The second kappa shape index (κ2) is 5.66. The molecule has 21 heavy (non-hydrogen) atoms. The minimum absolute atomic E-state index is 0.213. The van der Waals surface area contributed by atoms with Gasteiger partial charge in [0.25, 0.3) is 0 Å². The number of nitrogens with zero attached hydrogens (tertiary/aromatic N) is 3. The first kappa shape index (κ1) is 14.9. The molecule has 3 rings (SSSR count).